The third kappa shape index (κ3) is 7.86. The van der Waals surface area contributed by atoms with Gasteiger partial charge in [0.25, 0.3) is 0 Å². The maximum Gasteiger partial charge on any atom is 0.384 e. The van der Waals surface area contributed by atoms with E-state index in [-0.39, 0.29) is 0 Å². The van der Waals surface area contributed by atoms with Crippen LogP contribution in [-0.2, 0) is 13.6 Å². The minimum atomic E-state index is -1.12. The minimum absolute atomic E-state index is 0.526. The molecule has 0 spiro atoms. The van der Waals surface area contributed by atoms with E-state index in [1.54, 1.807) is 0 Å². The lowest BCUT2D eigenvalue weighted by Gasteiger charge is -2.11. The molecule has 0 amide bonds. The smallest absolute Gasteiger partial charge is 0.384 e. The van der Waals surface area contributed by atoms with E-state index >= 15 is 0 Å². The standard InChI is InChI=1S/C8H16NO3Si/c1-3-11-13(12-4-2)7-5-6-9-8-10/h3-7H2,1-2H3. The first kappa shape index (κ1) is 12.5. The van der Waals surface area contributed by atoms with Crippen LogP contribution in [0.1, 0.15) is 20.3 Å². The quantitative estimate of drug-likeness (QED) is 0.258. The van der Waals surface area contributed by atoms with E-state index in [1.165, 1.54) is 6.08 Å². The van der Waals surface area contributed by atoms with E-state index in [1.807, 2.05) is 13.8 Å². The second kappa shape index (κ2) is 9.60. The highest BCUT2D eigenvalue weighted by atomic mass is 28.3. The van der Waals surface area contributed by atoms with Crippen LogP contribution in [0.3, 0.4) is 0 Å². The van der Waals surface area contributed by atoms with Crippen molar-refractivity contribution in [3.63, 3.8) is 0 Å². The second-order valence-electron chi connectivity index (χ2n) is 2.31. The summed E-state index contributed by atoms with van der Waals surface area (Å²) >= 11 is 0. The molecule has 0 aromatic rings. The zero-order valence-electron chi connectivity index (χ0n) is 8.21. The molecule has 0 atom stereocenters. The number of rotatable bonds is 8. The molecular weight excluding hydrogens is 186 g/mol. The summed E-state index contributed by atoms with van der Waals surface area (Å²) < 4.78 is 10.8. The van der Waals surface area contributed by atoms with Gasteiger partial charge >= 0.3 is 9.28 Å². The Morgan fingerprint density at radius 2 is 1.92 bits per heavy atom. The van der Waals surface area contributed by atoms with Gasteiger partial charge in [0, 0.05) is 13.2 Å². The first-order valence-electron chi connectivity index (χ1n) is 4.50. The van der Waals surface area contributed by atoms with Gasteiger partial charge in [0.15, 0.2) is 0 Å². The van der Waals surface area contributed by atoms with Crippen LogP contribution in [0, 0.1) is 0 Å². The number of aliphatic imine (C=N–C) groups is 1. The zero-order chi connectivity index (χ0) is 9.94. The molecule has 4 nitrogen and oxygen atoms in total. The molecule has 0 rings (SSSR count). The number of hydrogen-bond donors (Lipinski definition) is 0. The van der Waals surface area contributed by atoms with Crippen molar-refractivity contribution in [1.82, 2.24) is 0 Å². The Hall–Kier alpha value is -0.483. The van der Waals surface area contributed by atoms with Crippen molar-refractivity contribution in [3.05, 3.63) is 0 Å². The number of carbonyl (C=O) groups excluding carboxylic acids is 1. The fraction of sp³-hybridized carbons (Fsp3) is 0.875. The normalized spacial score (nSPS) is 10.1. The molecule has 0 N–H and O–H groups in total. The van der Waals surface area contributed by atoms with Gasteiger partial charge < -0.3 is 8.85 Å². The second-order valence-corrected chi connectivity index (χ2v) is 4.14. The third-order valence-corrected chi connectivity index (χ3v) is 3.31. The van der Waals surface area contributed by atoms with Crippen LogP contribution < -0.4 is 0 Å². The van der Waals surface area contributed by atoms with Crippen LogP contribution in [0.25, 0.3) is 0 Å². The van der Waals surface area contributed by atoms with Crippen molar-refractivity contribution in [2.75, 3.05) is 19.8 Å². The minimum Gasteiger partial charge on any atom is -0.394 e. The summed E-state index contributed by atoms with van der Waals surface area (Å²) in [5.41, 5.74) is 0. The molecule has 75 valence electrons. The van der Waals surface area contributed by atoms with Gasteiger partial charge in [0.2, 0.25) is 6.08 Å². The van der Waals surface area contributed by atoms with Crippen LogP contribution in [-0.4, -0.2) is 35.1 Å². The van der Waals surface area contributed by atoms with E-state index in [2.05, 4.69) is 4.99 Å². The number of nitrogens with zero attached hydrogens (tertiary/aromatic N) is 1. The highest BCUT2D eigenvalue weighted by Gasteiger charge is 2.13. The van der Waals surface area contributed by atoms with Crippen molar-refractivity contribution in [2.24, 2.45) is 4.99 Å². The van der Waals surface area contributed by atoms with E-state index in [9.17, 15) is 4.79 Å². The van der Waals surface area contributed by atoms with Crippen molar-refractivity contribution < 1.29 is 13.6 Å². The van der Waals surface area contributed by atoms with Crippen LogP contribution in [0.2, 0.25) is 6.04 Å². The van der Waals surface area contributed by atoms with Gasteiger partial charge in [0.05, 0.1) is 6.54 Å². The molecule has 0 aromatic carbocycles. The number of hydrogen-bond acceptors (Lipinski definition) is 4. The van der Waals surface area contributed by atoms with Crippen molar-refractivity contribution >= 4 is 15.4 Å². The summed E-state index contributed by atoms with van der Waals surface area (Å²) in [5.74, 6) is 0. The van der Waals surface area contributed by atoms with Gasteiger partial charge in [-0.15, -0.1) is 0 Å². The van der Waals surface area contributed by atoms with E-state index < -0.39 is 9.28 Å². The summed E-state index contributed by atoms with van der Waals surface area (Å²) in [6, 6.07) is 0.873. The molecule has 5 heteroatoms. The Labute approximate surface area is 80.8 Å². The Balaban J connectivity index is 3.48. The Kier molecular flexibility index (Phi) is 9.25. The Morgan fingerprint density at radius 1 is 1.31 bits per heavy atom. The summed E-state index contributed by atoms with van der Waals surface area (Å²) in [6.07, 6.45) is 2.35. The van der Waals surface area contributed by atoms with Gasteiger partial charge in [0.1, 0.15) is 0 Å². The first-order chi connectivity index (χ1) is 6.35. The maximum atomic E-state index is 9.76. The monoisotopic (exact) mass is 202 g/mol. The van der Waals surface area contributed by atoms with E-state index in [0.29, 0.717) is 19.8 Å². The topological polar surface area (TPSA) is 47.9 Å². The van der Waals surface area contributed by atoms with Crippen LogP contribution >= 0.6 is 0 Å². The van der Waals surface area contributed by atoms with Crippen LogP contribution in [0.4, 0.5) is 0 Å². The van der Waals surface area contributed by atoms with Crippen molar-refractivity contribution in [1.29, 1.82) is 0 Å². The lowest BCUT2D eigenvalue weighted by Crippen LogP contribution is -2.22. The van der Waals surface area contributed by atoms with Crippen LogP contribution in [0.15, 0.2) is 4.99 Å². The molecule has 13 heavy (non-hydrogen) atoms. The van der Waals surface area contributed by atoms with E-state index in [4.69, 9.17) is 8.85 Å². The molecular formula is C8H16NO3Si. The Bertz CT molecular complexity index is 153. The molecule has 0 aliphatic rings. The lowest BCUT2D eigenvalue weighted by atomic mass is 10.5. The van der Waals surface area contributed by atoms with Gasteiger partial charge in [-0.25, -0.2) is 9.79 Å². The van der Waals surface area contributed by atoms with Gasteiger partial charge in [-0.3, -0.25) is 0 Å². The van der Waals surface area contributed by atoms with E-state index in [0.717, 1.165) is 12.5 Å². The molecule has 0 fully saturated rings. The molecule has 1 radical (unpaired) electrons. The average Bonchev–Trinajstić information content (AvgIpc) is 2.13. The molecule has 0 aromatic heterocycles. The third-order valence-electron chi connectivity index (χ3n) is 1.33. The number of isocyanates is 1. The van der Waals surface area contributed by atoms with Crippen molar-refractivity contribution in [3.8, 4) is 0 Å². The van der Waals surface area contributed by atoms with Gasteiger partial charge in [-0.1, -0.05) is 0 Å². The summed E-state index contributed by atoms with van der Waals surface area (Å²) in [7, 11) is -1.12. The summed E-state index contributed by atoms with van der Waals surface area (Å²) in [6.45, 7) is 5.80. The predicted molar refractivity (Wildman–Crippen MR) is 51.4 cm³/mol. The molecule has 0 saturated heterocycles. The van der Waals surface area contributed by atoms with Gasteiger partial charge in [-0.05, 0) is 26.3 Å². The fourth-order valence-corrected chi connectivity index (χ4v) is 2.32. The molecule has 0 aliphatic carbocycles. The predicted octanol–water partition coefficient (Wildman–Crippen LogP) is 1.27. The Morgan fingerprint density at radius 3 is 2.38 bits per heavy atom. The summed E-state index contributed by atoms with van der Waals surface area (Å²) in [4.78, 5) is 13.2. The molecule has 0 bridgehead atoms. The summed E-state index contributed by atoms with van der Waals surface area (Å²) in [5, 5.41) is 0. The van der Waals surface area contributed by atoms with Crippen molar-refractivity contribution in [2.45, 2.75) is 26.3 Å². The van der Waals surface area contributed by atoms with Crippen LogP contribution in [0.5, 0.6) is 0 Å². The highest BCUT2D eigenvalue weighted by Crippen LogP contribution is 2.01. The largest absolute Gasteiger partial charge is 0.394 e. The SMILES string of the molecule is CCO[Si](CCCN=C=O)OCC. The highest BCUT2D eigenvalue weighted by molar-refractivity contribution is 6.44. The molecule has 0 saturated carbocycles. The molecule has 0 aliphatic heterocycles. The average molecular weight is 202 g/mol. The molecule has 0 unspecified atom stereocenters. The molecule has 0 heterocycles. The fourth-order valence-electron chi connectivity index (χ4n) is 0.856. The zero-order valence-corrected chi connectivity index (χ0v) is 9.21. The lowest BCUT2D eigenvalue weighted by molar-refractivity contribution is 0.213. The first-order valence-corrected chi connectivity index (χ1v) is 6.02. The maximum absolute atomic E-state index is 9.76. The van der Waals surface area contributed by atoms with Gasteiger partial charge in [-0.2, -0.15) is 0 Å².